The molecule has 28 heavy (non-hydrogen) atoms. The number of hydrogen-bond acceptors (Lipinski definition) is 4. The van der Waals surface area contributed by atoms with E-state index < -0.39 is 0 Å². The van der Waals surface area contributed by atoms with Gasteiger partial charge in [-0.3, -0.25) is 10.1 Å². The van der Waals surface area contributed by atoms with Gasteiger partial charge in [-0.25, -0.2) is 0 Å². The summed E-state index contributed by atoms with van der Waals surface area (Å²) in [5.74, 6) is 0.353. The second kappa shape index (κ2) is 9.71. The summed E-state index contributed by atoms with van der Waals surface area (Å²) in [4.78, 5) is 15.0. The second-order valence-corrected chi connectivity index (χ2v) is 7.66. The van der Waals surface area contributed by atoms with Gasteiger partial charge in [-0.05, 0) is 42.7 Å². The molecule has 1 aliphatic rings. The van der Waals surface area contributed by atoms with Crippen LogP contribution in [0.5, 0.6) is 0 Å². The van der Waals surface area contributed by atoms with Crippen molar-refractivity contribution in [1.29, 1.82) is 0 Å². The molecule has 5 nitrogen and oxygen atoms in total. The van der Waals surface area contributed by atoms with Gasteiger partial charge in [0.1, 0.15) is 0 Å². The normalized spacial score (nSPS) is 16.6. The number of hydrogen-bond donors (Lipinski definition) is 2. The van der Waals surface area contributed by atoms with E-state index in [0.29, 0.717) is 5.92 Å². The van der Waals surface area contributed by atoms with Gasteiger partial charge in [0.15, 0.2) is 0 Å². The molecule has 1 aliphatic heterocycles. The molecule has 0 aromatic heterocycles. The molecule has 2 aromatic carbocycles. The van der Waals surface area contributed by atoms with Crippen molar-refractivity contribution in [2.24, 2.45) is 5.92 Å². The van der Waals surface area contributed by atoms with Gasteiger partial charge in [-0.1, -0.05) is 44.2 Å². The summed E-state index contributed by atoms with van der Waals surface area (Å²) in [5.41, 5.74) is 3.18. The number of ether oxygens (including phenoxy) is 1. The number of nitrogens with one attached hydrogen (secondary N) is 2. The monoisotopic (exact) mass is 381 g/mol. The fourth-order valence-electron chi connectivity index (χ4n) is 3.51. The summed E-state index contributed by atoms with van der Waals surface area (Å²) in [6.07, 6.45) is 0. The number of benzene rings is 2. The van der Waals surface area contributed by atoms with Gasteiger partial charge in [-0.15, -0.1) is 0 Å². The lowest BCUT2D eigenvalue weighted by atomic mass is 9.95. The van der Waals surface area contributed by atoms with Crippen molar-refractivity contribution in [3.05, 3.63) is 60.2 Å². The van der Waals surface area contributed by atoms with Crippen LogP contribution in [0, 0.1) is 5.92 Å². The van der Waals surface area contributed by atoms with Crippen LogP contribution in [0.1, 0.15) is 32.4 Å². The van der Waals surface area contributed by atoms with Gasteiger partial charge in [-0.2, -0.15) is 0 Å². The second-order valence-electron chi connectivity index (χ2n) is 7.66. The smallest absolute Gasteiger partial charge is 0.241 e. The summed E-state index contributed by atoms with van der Waals surface area (Å²) < 4.78 is 5.40. The summed E-state index contributed by atoms with van der Waals surface area (Å²) in [6.45, 7) is 9.58. The number of anilines is 2. The predicted octanol–water partition coefficient (Wildman–Crippen LogP) is 3.84. The maximum atomic E-state index is 12.7. The van der Waals surface area contributed by atoms with Crippen LogP contribution < -0.4 is 15.5 Å². The van der Waals surface area contributed by atoms with Crippen LogP contribution in [0.3, 0.4) is 0 Å². The fraction of sp³-hybridized carbons (Fsp3) is 0.435. The molecule has 0 unspecified atom stereocenters. The lowest BCUT2D eigenvalue weighted by Gasteiger charge is -2.29. The molecule has 2 atom stereocenters. The zero-order chi connectivity index (χ0) is 19.9. The highest BCUT2D eigenvalue weighted by Crippen LogP contribution is 2.23. The largest absolute Gasteiger partial charge is 0.378 e. The van der Waals surface area contributed by atoms with Crippen LogP contribution in [0.25, 0.3) is 0 Å². The van der Waals surface area contributed by atoms with E-state index in [9.17, 15) is 4.79 Å². The van der Waals surface area contributed by atoms with Gasteiger partial charge in [0.2, 0.25) is 5.91 Å². The molecule has 2 aromatic rings. The van der Waals surface area contributed by atoms with Gasteiger partial charge in [0.25, 0.3) is 0 Å². The maximum absolute atomic E-state index is 12.7. The molecule has 0 spiro atoms. The quantitative estimate of drug-likeness (QED) is 0.765. The van der Waals surface area contributed by atoms with Crippen LogP contribution >= 0.6 is 0 Å². The average molecular weight is 382 g/mol. The van der Waals surface area contributed by atoms with Crippen LogP contribution in [0.4, 0.5) is 11.4 Å². The Kier molecular flexibility index (Phi) is 7.06. The minimum Gasteiger partial charge on any atom is -0.378 e. The van der Waals surface area contributed by atoms with Crippen molar-refractivity contribution in [3.63, 3.8) is 0 Å². The van der Waals surface area contributed by atoms with E-state index in [2.05, 4.69) is 53.6 Å². The molecule has 150 valence electrons. The summed E-state index contributed by atoms with van der Waals surface area (Å²) in [7, 11) is 0. The van der Waals surface area contributed by atoms with Crippen LogP contribution in [0.2, 0.25) is 0 Å². The topological polar surface area (TPSA) is 53.6 Å². The van der Waals surface area contributed by atoms with Crippen LogP contribution in [-0.4, -0.2) is 38.3 Å². The molecular formula is C23H31N3O2. The van der Waals surface area contributed by atoms with Gasteiger partial charge in [0, 0.05) is 30.5 Å². The summed E-state index contributed by atoms with van der Waals surface area (Å²) >= 11 is 0. The molecule has 1 heterocycles. The molecule has 0 bridgehead atoms. The van der Waals surface area contributed by atoms with Crippen molar-refractivity contribution < 1.29 is 9.53 Å². The van der Waals surface area contributed by atoms with Crippen molar-refractivity contribution >= 4 is 17.3 Å². The number of amides is 1. The number of nitrogens with zero attached hydrogens (tertiary/aromatic N) is 1. The van der Waals surface area contributed by atoms with E-state index in [-0.39, 0.29) is 18.0 Å². The molecule has 1 fully saturated rings. The number of carbonyl (C=O) groups is 1. The van der Waals surface area contributed by atoms with E-state index in [4.69, 9.17) is 4.74 Å². The molecule has 1 amide bonds. The lowest BCUT2D eigenvalue weighted by molar-refractivity contribution is -0.118. The summed E-state index contributed by atoms with van der Waals surface area (Å²) in [6, 6.07) is 18.2. The first-order valence-corrected chi connectivity index (χ1v) is 10.1. The Bertz CT molecular complexity index is 740. The SMILES string of the molecule is CC(C)[C@@H](N[C@H](C)C(=O)Nc1ccc(N2CCOCC2)cc1)c1ccccc1. The fourth-order valence-corrected chi connectivity index (χ4v) is 3.51. The first kappa shape index (κ1) is 20.4. The number of rotatable bonds is 7. The van der Waals surface area contributed by atoms with E-state index >= 15 is 0 Å². The first-order valence-electron chi connectivity index (χ1n) is 10.1. The highest BCUT2D eigenvalue weighted by Gasteiger charge is 2.21. The average Bonchev–Trinajstić information content (AvgIpc) is 2.73. The van der Waals surface area contributed by atoms with E-state index in [1.54, 1.807) is 0 Å². The Morgan fingerprint density at radius 3 is 2.21 bits per heavy atom. The molecule has 1 saturated heterocycles. The minimum absolute atomic E-state index is 0.0271. The predicted molar refractivity (Wildman–Crippen MR) is 115 cm³/mol. The van der Waals surface area contributed by atoms with Crippen molar-refractivity contribution in [2.75, 3.05) is 36.5 Å². The zero-order valence-corrected chi connectivity index (χ0v) is 17.0. The van der Waals surface area contributed by atoms with Gasteiger partial charge in [0.05, 0.1) is 19.3 Å². The Balaban J connectivity index is 1.58. The van der Waals surface area contributed by atoms with Crippen molar-refractivity contribution in [3.8, 4) is 0 Å². The lowest BCUT2D eigenvalue weighted by Crippen LogP contribution is -2.41. The first-order chi connectivity index (χ1) is 13.5. The molecular weight excluding hydrogens is 350 g/mol. The minimum atomic E-state index is -0.300. The van der Waals surface area contributed by atoms with Gasteiger partial charge >= 0.3 is 0 Å². The van der Waals surface area contributed by atoms with Crippen molar-refractivity contribution in [1.82, 2.24) is 5.32 Å². The number of morpholine rings is 1. The highest BCUT2D eigenvalue weighted by molar-refractivity contribution is 5.94. The summed E-state index contributed by atoms with van der Waals surface area (Å²) in [5, 5.41) is 6.50. The Morgan fingerprint density at radius 1 is 0.964 bits per heavy atom. The molecule has 0 aliphatic carbocycles. The molecule has 0 saturated carbocycles. The van der Waals surface area contributed by atoms with Crippen LogP contribution in [0.15, 0.2) is 54.6 Å². The number of carbonyl (C=O) groups excluding carboxylic acids is 1. The third-order valence-electron chi connectivity index (χ3n) is 5.16. The molecule has 2 N–H and O–H groups in total. The molecule has 5 heteroatoms. The highest BCUT2D eigenvalue weighted by atomic mass is 16.5. The standard InChI is InChI=1S/C23H31N3O2/c1-17(2)22(19-7-5-4-6-8-19)24-18(3)23(27)25-20-9-11-21(12-10-20)26-13-15-28-16-14-26/h4-12,17-18,22,24H,13-16H2,1-3H3,(H,25,27)/t18-,22-/m1/s1. The maximum Gasteiger partial charge on any atom is 0.241 e. The van der Waals surface area contributed by atoms with E-state index in [0.717, 1.165) is 37.7 Å². The Labute approximate surface area is 168 Å². The van der Waals surface area contributed by atoms with Crippen LogP contribution in [-0.2, 0) is 9.53 Å². The zero-order valence-electron chi connectivity index (χ0n) is 17.0. The molecule has 0 radical (unpaired) electrons. The Hall–Kier alpha value is -2.37. The third kappa shape index (κ3) is 5.33. The molecule has 3 rings (SSSR count). The van der Waals surface area contributed by atoms with E-state index in [1.165, 1.54) is 5.56 Å². The van der Waals surface area contributed by atoms with Gasteiger partial charge < -0.3 is 15.0 Å². The third-order valence-corrected chi connectivity index (χ3v) is 5.16. The van der Waals surface area contributed by atoms with Crippen molar-refractivity contribution in [2.45, 2.75) is 32.9 Å². The van der Waals surface area contributed by atoms with E-state index in [1.807, 2.05) is 37.3 Å². The Morgan fingerprint density at radius 2 is 1.61 bits per heavy atom.